The molecular formula is C29H28N6O3S2. The van der Waals surface area contributed by atoms with Crippen molar-refractivity contribution in [1.82, 2.24) is 10.2 Å². The van der Waals surface area contributed by atoms with E-state index in [-0.39, 0.29) is 28.8 Å². The van der Waals surface area contributed by atoms with Gasteiger partial charge in [0.05, 0.1) is 30.4 Å². The van der Waals surface area contributed by atoms with E-state index in [1.165, 1.54) is 23.1 Å². The van der Waals surface area contributed by atoms with Crippen LogP contribution in [0.2, 0.25) is 0 Å². The first-order valence-electron chi connectivity index (χ1n) is 12.7. The number of thioether (sulfide) groups is 1. The number of nitriles is 1. The maximum absolute atomic E-state index is 13.3. The molecule has 0 fully saturated rings. The molecule has 1 aliphatic heterocycles. The van der Waals surface area contributed by atoms with E-state index >= 15 is 0 Å². The highest BCUT2D eigenvalue weighted by Gasteiger charge is 2.41. The number of amides is 1. The molecule has 2 aromatic carbocycles. The van der Waals surface area contributed by atoms with Gasteiger partial charge in [-0.2, -0.15) is 5.26 Å². The van der Waals surface area contributed by atoms with Gasteiger partial charge in [0, 0.05) is 23.4 Å². The molecule has 9 nitrogen and oxygen atoms in total. The number of hydrogen-bond donors (Lipinski definition) is 2. The molecule has 0 saturated carbocycles. The van der Waals surface area contributed by atoms with Crippen molar-refractivity contribution in [2.24, 2.45) is 5.73 Å². The molecule has 0 radical (unpaired) electrons. The summed E-state index contributed by atoms with van der Waals surface area (Å²) in [6.45, 7) is 3.91. The Morgan fingerprint density at radius 2 is 1.98 bits per heavy atom. The fraction of sp³-hybridized carbons (Fsp3) is 0.276. The standard InChI is InChI=1S/C29H28N6O3S2/c1-16-7-4-8-17(2)26(16)32-23(37)15-39-29-34-33-28(40-29)35-21-11-6-12-22(36)25(21)24(20(14-30)27(35)31)18-9-5-10-19(13-18)38-3/h4-5,7-10,13,24H,6,11-12,15,31H2,1-3H3,(H,32,37). The van der Waals surface area contributed by atoms with Crippen LogP contribution in [-0.2, 0) is 9.59 Å². The summed E-state index contributed by atoms with van der Waals surface area (Å²) >= 11 is 2.54. The Morgan fingerprint density at radius 1 is 1.23 bits per heavy atom. The molecule has 5 rings (SSSR count). The van der Waals surface area contributed by atoms with Crippen LogP contribution < -0.4 is 20.7 Å². The number of aromatic nitrogens is 2. The number of benzene rings is 2. The topological polar surface area (TPSA) is 134 Å². The number of nitrogens with one attached hydrogen (secondary N) is 1. The first-order chi connectivity index (χ1) is 19.3. The van der Waals surface area contributed by atoms with Crippen LogP contribution in [0.1, 0.15) is 41.9 Å². The van der Waals surface area contributed by atoms with E-state index in [1.54, 1.807) is 12.0 Å². The molecule has 1 unspecified atom stereocenters. The number of para-hydroxylation sites is 1. The lowest BCUT2D eigenvalue weighted by atomic mass is 9.76. The zero-order chi connectivity index (χ0) is 28.4. The molecule has 3 aromatic rings. The summed E-state index contributed by atoms with van der Waals surface area (Å²) in [5, 5.41) is 22.3. The van der Waals surface area contributed by atoms with E-state index in [0.717, 1.165) is 28.1 Å². The maximum Gasteiger partial charge on any atom is 0.234 e. The maximum atomic E-state index is 13.3. The van der Waals surface area contributed by atoms with Crippen molar-refractivity contribution < 1.29 is 14.3 Å². The third-order valence-corrected chi connectivity index (χ3v) is 9.04. The number of ether oxygens (including phenoxy) is 1. The van der Waals surface area contributed by atoms with Gasteiger partial charge < -0.3 is 15.8 Å². The second-order valence-electron chi connectivity index (χ2n) is 9.55. The van der Waals surface area contributed by atoms with Crippen molar-refractivity contribution >= 4 is 45.6 Å². The van der Waals surface area contributed by atoms with E-state index in [2.05, 4.69) is 21.6 Å². The average molecular weight is 573 g/mol. The van der Waals surface area contributed by atoms with Crippen molar-refractivity contribution in [3.8, 4) is 11.8 Å². The zero-order valence-corrected chi connectivity index (χ0v) is 24.0. The van der Waals surface area contributed by atoms with Crippen LogP contribution in [0.3, 0.4) is 0 Å². The van der Waals surface area contributed by atoms with Crippen LogP contribution >= 0.6 is 23.1 Å². The number of nitrogens with zero attached hydrogens (tertiary/aromatic N) is 4. The molecule has 0 saturated heterocycles. The number of allylic oxidation sites excluding steroid dienone is 3. The summed E-state index contributed by atoms with van der Waals surface area (Å²) in [5.74, 6) is 0.267. The van der Waals surface area contributed by atoms with Crippen molar-refractivity contribution in [3.05, 3.63) is 81.8 Å². The van der Waals surface area contributed by atoms with Gasteiger partial charge in [0.1, 0.15) is 11.6 Å². The van der Waals surface area contributed by atoms with Crippen LogP contribution in [0.25, 0.3) is 0 Å². The molecule has 204 valence electrons. The lowest BCUT2D eigenvalue weighted by Gasteiger charge is -2.38. The van der Waals surface area contributed by atoms with Gasteiger partial charge in [0.25, 0.3) is 0 Å². The van der Waals surface area contributed by atoms with Gasteiger partial charge in [-0.3, -0.25) is 14.5 Å². The first kappa shape index (κ1) is 27.4. The molecule has 2 aliphatic rings. The van der Waals surface area contributed by atoms with Gasteiger partial charge in [-0.25, -0.2) is 0 Å². The van der Waals surface area contributed by atoms with Gasteiger partial charge >= 0.3 is 0 Å². The smallest absolute Gasteiger partial charge is 0.234 e. The molecule has 1 aromatic heterocycles. The number of rotatable bonds is 7. The Hall–Kier alpha value is -4.14. The number of ketones is 1. The molecule has 11 heteroatoms. The predicted octanol–water partition coefficient (Wildman–Crippen LogP) is 5.20. The van der Waals surface area contributed by atoms with Gasteiger partial charge in [-0.1, -0.05) is 53.4 Å². The molecular weight excluding hydrogens is 544 g/mol. The largest absolute Gasteiger partial charge is 0.497 e. The number of anilines is 2. The van der Waals surface area contributed by atoms with Crippen molar-refractivity contribution in [2.75, 3.05) is 23.1 Å². The van der Waals surface area contributed by atoms with Gasteiger partial charge in [0.2, 0.25) is 11.0 Å². The van der Waals surface area contributed by atoms with Gasteiger partial charge in [-0.15, -0.1) is 10.2 Å². The van der Waals surface area contributed by atoms with Crippen LogP contribution in [0.15, 0.2) is 69.5 Å². The summed E-state index contributed by atoms with van der Waals surface area (Å²) in [6, 6.07) is 15.5. The number of aryl methyl sites for hydroxylation is 2. The Labute approximate surface area is 240 Å². The zero-order valence-electron chi connectivity index (χ0n) is 22.4. The number of nitrogens with two attached hydrogens (primary N) is 1. The molecule has 1 amide bonds. The van der Waals surface area contributed by atoms with Crippen molar-refractivity contribution in [2.45, 2.75) is 43.4 Å². The molecule has 1 aliphatic carbocycles. The number of methoxy groups -OCH3 is 1. The van der Waals surface area contributed by atoms with Crippen LogP contribution in [0, 0.1) is 25.2 Å². The second-order valence-corrected chi connectivity index (χ2v) is 11.7. The third kappa shape index (κ3) is 5.20. The highest BCUT2D eigenvalue weighted by Crippen LogP contribution is 2.47. The average Bonchev–Trinajstić information content (AvgIpc) is 3.42. The molecule has 2 heterocycles. The molecule has 1 atom stereocenters. The third-order valence-electron chi connectivity index (χ3n) is 7.00. The van der Waals surface area contributed by atoms with Crippen molar-refractivity contribution in [1.29, 1.82) is 5.26 Å². The Bertz CT molecular complexity index is 1580. The lowest BCUT2D eigenvalue weighted by Crippen LogP contribution is -2.38. The van der Waals surface area contributed by atoms with Crippen LogP contribution in [0.4, 0.5) is 10.8 Å². The first-order valence-corrected chi connectivity index (χ1v) is 14.5. The highest BCUT2D eigenvalue weighted by atomic mass is 32.2. The minimum atomic E-state index is -0.588. The summed E-state index contributed by atoms with van der Waals surface area (Å²) in [4.78, 5) is 27.7. The predicted molar refractivity (Wildman–Crippen MR) is 156 cm³/mol. The second kappa shape index (κ2) is 11.5. The van der Waals surface area contributed by atoms with E-state index in [0.29, 0.717) is 40.1 Å². The van der Waals surface area contributed by atoms with E-state index in [4.69, 9.17) is 10.5 Å². The number of carbonyl (C=O) groups is 2. The minimum absolute atomic E-state index is 0.0124. The fourth-order valence-corrected chi connectivity index (χ4v) is 6.81. The van der Waals surface area contributed by atoms with Gasteiger partial charge in [-0.05, 0) is 55.5 Å². The summed E-state index contributed by atoms with van der Waals surface area (Å²) in [7, 11) is 1.58. The SMILES string of the molecule is COc1cccc(C2C(C#N)=C(N)N(c3nnc(SCC(=O)Nc4c(C)cccc4C)s3)C3=C2C(=O)CCC3)c1. The Balaban J connectivity index is 1.43. The summed E-state index contributed by atoms with van der Waals surface area (Å²) < 4.78 is 5.97. The van der Waals surface area contributed by atoms with Crippen LogP contribution in [-0.4, -0.2) is 34.8 Å². The number of hydrogen-bond acceptors (Lipinski definition) is 10. The molecule has 40 heavy (non-hydrogen) atoms. The van der Waals surface area contributed by atoms with E-state index in [1.807, 2.05) is 56.3 Å². The number of Topliss-reactive ketones (excluding diaryl/α,β-unsaturated/α-hetero) is 1. The summed E-state index contributed by atoms with van der Waals surface area (Å²) in [6.07, 6.45) is 1.69. The minimum Gasteiger partial charge on any atom is -0.497 e. The van der Waals surface area contributed by atoms with E-state index < -0.39 is 5.92 Å². The Kier molecular flexibility index (Phi) is 7.91. The van der Waals surface area contributed by atoms with E-state index in [9.17, 15) is 14.9 Å². The van der Waals surface area contributed by atoms with Gasteiger partial charge in [0.15, 0.2) is 10.1 Å². The van der Waals surface area contributed by atoms with Crippen molar-refractivity contribution in [3.63, 3.8) is 0 Å². The fourth-order valence-electron chi connectivity index (χ4n) is 5.12. The molecule has 0 spiro atoms. The summed E-state index contributed by atoms with van der Waals surface area (Å²) in [5.41, 5.74) is 11.8. The normalized spacial score (nSPS) is 17.0. The highest BCUT2D eigenvalue weighted by molar-refractivity contribution is 8.01. The van der Waals surface area contributed by atoms with Crippen LogP contribution in [0.5, 0.6) is 5.75 Å². The lowest BCUT2D eigenvalue weighted by molar-refractivity contribution is -0.116. The number of carbonyl (C=O) groups excluding carboxylic acids is 2. The molecule has 0 bridgehead atoms. The molecule has 3 N–H and O–H groups in total. The Morgan fingerprint density at radius 3 is 2.70 bits per heavy atom. The monoisotopic (exact) mass is 572 g/mol. The quantitative estimate of drug-likeness (QED) is 0.366.